The molecule has 0 saturated heterocycles. The lowest BCUT2D eigenvalue weighted by Gasteiger charge is -2.59. The summed E-state index contributed by atoms with van der Waals surface area (Å²) in [6.45, 7) is 3.94. The van der Waals surface area contributed by atoms with Crippen LogP contribution in [0.3, 0.4) is 0 Å². The van der Waals surface area contributed by atoms with Crippen LogP contribution < -0.4 is 11.1 Å². The van der Waals surface area contributed by atoms with Crippen molar-refractivity contribution >= 4 is 45.8 Å². The molecule has 8 atom stereocenters. The molecule has 0 spiro atoms. The van der Waals surface area contributed by atoms with Gasteiger partial charge in [-0.2, -0.15) is 0 Å². The Kier molecular flexibility index (Phi) is 11.4. The molecule has 6 N–H and O–H groups in total. The van der Waals surface area contributed by atoms with Crippen molar-refractivity contribution in [2.75, 3.05) is 18.5 Å². The average molecular weight is 825 g/mol. The number of ketones is 1. The number of allylic oxidation sites excluding steroid dienone is 4. The van der Waals surface area contributed by atoms with Crippen molar-refractivity contribution in [1.29, 1.82) is 5.41 Å². The van der Waals surface area contributed by atoms with Crippen LogP contribution in [0.1, 0.15) is 90.1 Å². The normalized spacial score (nSPS) is 28.1. The van der Waals surface area contributed by atoms with Crippen LogP contribution in [0.4, 0.5) is 5.69 Å². The summed E-state index contributed by atoms with van der Waals surface area (Å²) in [6, 6.07) is 20.6. The number of aromatic nitrogens is 1. The van der Waals surface area contributed by atoms with Gasteiger partial charge in [0.2, 0.25) is 5.91 Å². The number of amides is 1. The fourth-order valence-corrected chi connectivity index (χ4v) is 11.0. The van der Waals surface area contributed by atoms with E-state index in [1.54, 1.807) is 36.7 Å². The van der Waals surface area contributed by atoms with Gasteiger partial charge >= 0.3 is 11.9 Å². The second kappa shape index (κ2) is 16.6. The summed E-state index contributed by atoms with van der Waals surface area (Å²) >= 11 is 0. The van der Waals surface area contributed by atoms with Crippen molar-refractivity contribution in [3.8, 4) is 0 Å². The van der Waals surface area contributed by atoms with Crippen LogP contribution in [-0.2, 0) is 25.7 Å². The molecule has 4 aliphatic carbocycles. The van der Waals surface area contributed by atoms with E-state index in [4.69, 9.17) is 20.6 Å². The summed E-state index contributed by atoms with van der Waals surface area (Å²) in [6.07, 6.45) is 11.3. The van der Waals surface area contributed by atoms with E-state index in [0.29, 0.717) is 37.9 Å². The quantitative estimate of drug-likeness (QED) is 0.0743. The Balaban J connectivity index is 0.835. The summed E-state index contributed by atoms with van der Waals surface area (Å²) in [5.41, 5.74) is 6.62. The van der Waals surface area contributed by atoms with Gasteiger partial charge in [-0.3, -0.25) is 14.6 Å². The molecular weight excluding hydrogens is 773 g/mol. The molecule has 3 saturated carbocycles. The summed E-state index contributed by atoms with van der Waals surface area (Å²) < 4.78 is 11.1. The molecule has 0 bridgehead atoms. The fraction of sp³-hybridized carbons (Fsp3) is 0.388. The second-order valence-electron chi connectivity index (χ2n) is 17.6. The number of hydrogen-bond donors (Lipinski definition) is 5. The molecule has 4 aromatic rings. The highest BCUT2D eigenvalue weighted by Crippen LogP contribution is 2.67. The Labute approximate surface area is 354 Å². The van der Waals surface area contributed by atoms with Gasteiger partial charge in [0.1, 0.15) is 18.8 Å². The molecule has 1 amide bonds. The maximum Gasteiger partial charge on any atom is 0.338 e. The van der Waals surface area contributed by atoms with E-state index < -0.39 is 47.0 Å². The summed E-state index contributed by atoms with van der Waals surface area (Å²) in [4.78, 5) is 55.7. The number of aliphatic hydroxyl groups is 2. The van der Waals surface area contributed by atoms with Gasteiger partial charge in [0, 0.05) is 40.2 Å². The summed E-state index contributed by atoms with van der Waals surface area (Å²) in [5.74, 6) is -1.93. The van der Waals surface area contributed by atoms with E-state index in [9.17, 15) is 29.4 Å². The molecule has 61 heavy (non-hydrogen) atoms. The lowest BCUT2D eigenvalue weighted by Crippen LogP contribution is -2.61. The zero-order chi connectivity index (χ0) is 43.1. The summed E-state index contributed by atoms with van der Waals surface area (Å²) in [7, 11) is 0. The van der Waals surface area contributed by atoms with Crippen LogP contribution in [-0.4, -0.2) is 69.4 Å². The number of esters is 2. The zero-order valence-electron chi connectivity index (χ0n) is 34.4. The number of ether oxygens (including phenoxy) is 2. The Morgan fingerprint density at radius 3 is 2.41 bits per heavy atom. The predicted molar refractivity (Wildman–Crippen MR) is 230 cm³/mol. The molecule has 0 aliphatic heterocycles. The van der Waals surface area contributed by atoms with Crippen molar-refractivity contribution in [3.05, 3.63) is 131 Å². The van der Waals surface area contributed by atoms with Crippen molar-refractivity contribution in [1.82, 2.24) is 4.98 Å². The van der Waals surface area contributed by atoms with Gasteiger partial charge in [0.25, 0.3) is 0 Å². The molecule has 3 fully saturated rings. The Hall–Kier alpha value is -5.82. The molecule has 3 aromatic carbocycles. The first-order chi connectivity index (χ1) is 29.2. The van der Waals surface area contributed by atoms with E-state index in [2.05, 4.69) is 17.2 Å². The standard InChI is InChI=1S/C49H52N4O8/c1-47-19-15-37(54)24-35(47)12-14-39-40-16-20-49(59,48(40,2)25-41(55)43(39)47)42(51)28-61-46(58)32-9-7-31(8-10-32)45(57)60-27-29-3-5-30(6-4-29)38(17-21-50)44(56)53-36-13-11-34-26-52-22-18-33(34)23-36/h3-11,13,15,18-19,22-24,26,38-41,43,51,55,59H,12,14,16-17,20-21,25,27-28,50H2,1-2H3,(H,53,56)/t38?,39-,40-,41-,43+,47-,48-,49-/m0/s1. The van der Waals surface area contributed by atoms with Gasteiger partial charge in [-0.1, -0.05) is 55.8 Å². The first-order valence-electron chi connectivity index (χ1n) is 21.0. The van der Waals surface area contributed by atoms with Crippen molar-refractivity contribution in [3.63, 3.8) is 0 Å². The van der Waals surface area contributed by atoms with E-state index in [1.807, 2.05) is 49.4 Å². The van der Waals surface area contributed by atoms with E-state index in [0.717, 1.165) is 40.3 Å². The van der Waals surface area contributed by atoms with Gasteiger partial charge in [-0.25, -0.2) is 9.59 Å². The number of pyridine rings is 1. The Bertz CT molecular complexity index is 2450. The minimum atomic E-state index is -1.56. The van der Waals surface area contributed by atoms with Crippen LogP contribution in [0.15, 0.2) is 109 Å². The smallest absolute Gasteiger partial charge is 0.338 e. The number of carbonyl (C=O) groups is 4. The zero-order valence-corrected chi connectivity index (χ0v) is 34.4. The number of anilines is 1. The van der Waals surface area contributed by atoms with Crippen LogP contribution in [0.2, 0.25) is 0 Å². The first kappa shape index (κ1) is 41.9. The molecule has 4 aliphatic rings. The third kappa shape index (κ3) is 7.73. The molecule has 0 radical (unpaired) electrons. The molecule has 12 heteroatoms. The van der Waals surface area contributed by atoms with Crippen LogP contribution >= 0.6 is 0 Å². The largest absolute Gasteiger partial charge is 0.457 e. The van der Waals surface area contributed by atoms with Gasteiger partial charge < -0.3 is 36.1 Å². The highest BCUT2D eigenvalue weighted by Gasteiger charge is 2.67. The minimum Gasteiger partial charge on any atom is -0.457 e. The second-order valence-corrected chi connectivity index (χ2v) is 17.6. The number of benzene rings is 3. The van der Waals surface area contributed by atoms with Crippen molar-refractivity contribution in [2.24, 2.45) is 34.3 Å². The minimum absolute atomic E-state index is 0.0126. The van der Waals surface area contributed by atoms with Crippen LogP contribution in [0.5, 0.6) is 0 Å². The monoisotopic (exact) mass is 824 g/mol. The number of nitrogens with two attached hydrogens (primary N) is 1. The number of nitrogens with one attached hydrogen (secondary N) is 2. The topological polar surface area (TPSA) is 202 Å². The number of aliphatic hydroxyl groups excluding tert-OH is 1. The van der Waals surface area contributed by atoms with Crippen molar-refractivity contribution < 1.29 is 38.9 Å². The summed E-state index contributed by atoms with van der Waals surface area (Å²) in [5, 5.41) is 37.8. The predicted octanol–water partition coefficient (Wildman–Crippen LogP) is 6.85. The lowest BCUT2D eigenvalue weighted by atomic mass is 9.46. The van der Waals surface area contributed by atoms with Crippen molar-refractivity contribution in [2.45, 2.75) is 76.6 Å². The maximum absolute atomic E-state index is 13.3. The van der Waals surface area contributed by atoms with E-state index >= 15 is 0 Å². The third-order valence-electron chi connectivity index (χ3n) is 14.3. The van der Waals surface area contributed by atoms with Gasteiger partial charge in [0.15, 0.2) is 5.78 Å². The number of rotatable bonds is 12. The highest BCUT2D eigenvalue weighted by atomic mass is 16.5. The fourth-order valence-electron chi connectivity index (χ4n) is 11.0. The average Bonchev–Trinajstić information content (AvgIpc) is 3.53. The van der Waals surface area contributed by atoms with Gasteiger partial charge in [0.05, 0.1) is 28.9 Å². The molecule has 12 nitrogen and oxygen atoms in total. The van der Waals surface area contributed by atoms with E-state index in [1.165, 1.54) is 24.3 Å². The Morgan fingerprint density at radius 2 is 1.69 bits per heavy atom. The first-order valence-corrected chi connectivity index (χ1v) is 21.0. The molecule has 316 valence electrons. The number of hydrogen-bond acceptors (Lipinski definition) is 11. The lowest BCUT2D eigenvalue weighted by molar-refractivity contribution is -0.144. The number of carbonyl (C=O) groups excluding carboxylic acids is 4. The van der Waals surface area contributed by atoms with Crippen LogP contribution in [0, 0.1) is 34.0 Å². The van der Waals surface area contributed by atoms with Crippen LogP contribution in [0.25, 0.3) is 10.8 Å². The number of fused-ring (bicyclic) bond motifs is 6. The third-order valence-corrected chi connectivity index (χ3v) is 14.3. The Morgan fingerprint density at radius 1 is 0.967 bits per heavy atom. The number of nitrogens with zero attached hydrogens (tertiary/aromatic N) is 1. The molecule has 8 rings (SSSR count). The molecule has 1 unspecified atom stereocenters. The molecular formula is C49H52N4O8. The SMILES string of the molecule is C[C@]12C=CC(=O)C=C1CC[C@@H]1[C@@H]2[C@@H](O)C[C@@]2(C)[C@H]1CC[C@]2(O)C(=N)COC(=O)c1ccc(C(=O)OCc2ccc(C(CCN)C(=O)Nc3ccc4cnccc4c3)cc2)cc1. The van der Waals surface area contributed by atoms with Gasteiger partial charge in [-0.05, 0) is 128 Å². The highest BCUT2D eigenvalue weighted by molar-refractivity contribution is 6.01. The maximum atomic E-state index is 13.3. The van der Waals surface area contributed by atoms with E-state index in [-0.39, 0.29) is 52.9 Å². The molecule has 1 heterocycles. The van der Waals surface area contributed by atoms with Gasteiger partial charge in [-0.15, -0.1) is 0 Å². The molecule has 1 aromatic heterocycles.